The quantitative estimate of drug-likeness (QED) is 0.814. The first-order valence-electron chi connectivity index (χ1n) is 7.44. The molecule has 2 heterocycles. The maximum atomic E-state index is 9.43. The third kappa shape index (κ3) is 4.60. The summed E-state index contributed by atoms with van der Waals surface area (Å²) >= 11 is 0. The highest BCUT2D eigenvalue weighted by Gasteiger charge is 2.14. The van der Waals surface area contributed by atoms with Gasteiger partial charge in [0.15, 0.2) is 0 Å². The molecule has 4 heteroatoms. The molecule has 0 atom stereocenters. The number of carbonyl (C=O) groups excluding carboxylic acids is 1. The van der Waals surface area contributed by atoms with E-state index in [9.17, 15) is 4.79 Å². The molecule has 3 rings (SSSR count). The fourth-order valence-electron chi connectivity index (χ4n) is 2.51. The molecule has 0 bridgehead atoms. The van der Waals surface area contributed by atoms with E-state index in [0.29, 0.717) is 0 Å². The maximum absolute atomic E-state index is 9.43. The van der Waals surface area contributed by atoms with Gasteiger partial charge in [-0.3, -0.25) is 4.79 Å². The summed E-state index contributed by atoms with van der Waals surface area (Å²) in [5.74, 6) is 0.782. The fourth-order valence-corrected chi connectivity index (χ4v) is 2.51. The number of hydrogen-bond donors (Lipinski definition) is 0. The molecule has 0 saturated carbocycles. The molecule has 1 amide bonds. The molecule has 1 aromatic carbocycles. The summed E-state index contributed by atoms with van der Waals surface area (Å²) in [6.45, 7) is 3.00. The second kappa shape index (κ2) is 7.84. The Hall–Kier alpha value is -1.81. The lowest BCUT2D eigenvalue weighted by atomic mass is 10.0. The van der Waals surface area contributed by atoms with Crippen LogP contribution < -0.4 is 0 Å². The molecule has 4 nitrogen and oxygen atoms in total. The Morgan fingerprint density at radius 3 is 2.57 bits per heavy atom. The van der Waals surface area contributed by atoms with E-state index in [-0.39, 0.29) is 0 Å². The van der Waals surface area contributed by atoms with Crippen molar-refractivity contribution in [2.75, 3.05) is 27.3 Å². The Morgan fingerprint density at radius 2 is 1.90 bits per heavy atom. The van der Waals surface area contributed by atoms with E-state index >= 15 is 0 Å². The van der Waals surface area contributed by atoms with E-state index in [4.69, 9.17) is 4.74 Å². The number of rotatable bonds is 3. The van der Waals surface area contributed by atoms with Gasteiger partial charge in [0.1, 0.15) is 0 Å². The molecule has 21 heavy (non-hydrogen) atoms. The zero-order valence-electron chi connectivity index (χ0n) is 12.9. The van der Waals surface area contributed by atoms with Crippen molar-refractivity contribution in [2.45, 2.75) is 19.4 Å². The summed E-state index contributed by atoms with van der Waals surface area (Å²) in [6.07, 6.45) is 5.36. The van der Waals surface area contributed by atoms with Crippen LogP contribution >= 0.6 is 0 Å². The Morgan fingerprint density at radius 1 is 1.24 bits per heavy atom. The van der Waals surface area contributed by atoms with Crippen LogP contribution in [-0.4, -0.2) is 43.2 Å². The summed E-state index contributed by atoms with van der Waals surface area (Å²) in [5, 5.41) is 1.34. The van der Waals surface area contributed by atoms with Crippen LogP contribution in [0.3, 0.4) is 0 Å². The second-order valence-electron chi connectivity index (χ2n) is 5.65. The van der Waals surface area contributed by atoms with Gasteiger partial charge in [0.25, 0.3) is 0 Å². The molecule has 0 spiro atoms. The molecule has 0 radical (unpaired) electrons. The molecule has 1 saturated heterocycles. The van der Waals surface area contributed by atoms with Crippen molar-refractivity contribution in [3.8, 4) is 0 Å². The first kappa shape index (κ1) is 15.6. The van der Waals surface area contributed by atoms with Crippen molar-refractivity contribution >= 4 is 17.3 Å². The molecule has 0 aliphatic carbocycles. The first-order chi connectivity index (χ1) is 10.2. The van der Waals surface area contributed by atoms with Gasteiger partial charge in [-0.25, -0.2) is 0 Å². The highest BCUT2D eigenvalue weighted by molar-refractivity contribution is 5.79. The van der Waals surface area contributed by atoms with Crippen LogP contribution in [0.5, 0.6) is 0 Å². The number of benzene rings is 1. The second-order valence-corrected chi connectivity index (χ2v) is 5.65. The monoisotopic (exact) mass is 288 g/mol. The Labute approximate surface area is 126 Å². The molecule has 1 aliphatic rings. The van der Waals surface area contributed by atoms with Crippen LogP contribution in [-0.2, 0) is 16.1 Å². The molecular formula is C17H24N2O2. The number of ether oxygens (including phenoxy) is 1. The van der Waals surface area contributed by atoms with Gasteiger partial charge in [0.2, 0.25) is 6.41 Å². The zero-order valence-corrected chi connectivity index (χ0v) is 12.9. The van der Waals surface area contributed by atoms with Crippen molar-refractivity contribution in [1.82, 2.24) is 9.47 Å². The first-order valence-corrected chi connectivity index (χ1v) is 7.44. The normalized spacial score (nSPS) is 15.3. The molecule has 1 aromatic heterocycles. The highest BCUT2D eigenvalue weighted by atomic mass is 16.5. The minimum atomic E-state index is 0.750. The predicted octanol–water partition coefficient (Wildman–Crippen LogP) is 2.77. The van der Waals surface area contributed by atoms with Crippen LogP contribution in [0.1, 0.15) is 12.8 Å². The van der Waals surface area contributed by atoms with Crippen molar-refractivity contribution < 1.29 is 9.53 Å². The van der Waals surface area contributed by atoms with Crippen LogP contribution in [0, 0.1) is 5.92 Å². The molecule has 0 unspecified atom stereocenters. The van der Waals surface area contributed by atoms with Crippen LogP contribution in [0.15, 0.2) is 36.5 Å². The lowest BCUT2D eigenvalue weighted by Crippen LogP contribution is -2.19. The smallest absolute Gasteiger partial charge is 0.209 e. The van der Waals surface area contributed by atoms with E-state index in [1.165, 1.54) is 28.6 Å². The molecule has 1 aliphatic heterocycles. The Bertz CT molecular complexity index is 557. The average molecular weight is 288 g/mol. The van der Waals surface area contributed by atoms with Gasteiger partial charge in [-0.05, 0) is 36.3 Å². The fraction of sp³-hybridized carbons (Fsp3) is 0.471. The van der Waals surface area contributed by atoms with Gasteiger partial charge in [0.05, 0.1) is 0 Å². The van der Waals surface area contributed by atoms with Crippen LogP contribution in [0.2, 0.25) is 0 Å². The van der Waals surface area contributed by atoms with Crippen LogP contribution in [0.25, 0.3) is 10.9 Å². The Kier molecular flexibility index (Phi) is 5.81. The largest absolute Gasteiger partial charge is 0.381 e. The van der Waals surface area contributed by atoms with E-state index in [1.807, 2.05) is 0 Å². The van der Waals surface area contributed by atoms with Gasteiger partial charge in [-0.1, -0.05) is 18.2 Å². The number of aromatic nitrogens is 1. The van der Waals surface area contributed by atoms with Gasteiger partial charge in [-0.2, -0.15) is 0 Å². The third-order valence-corrected chi connectivity index (χ3v) is 3.69. The summed E-state index contributed by atoms with van der Waals surface area (Å²) in [4.78, 5) is 10.9. The standard InChI is InChI=1S/C14H17NO.C3H7NO/c1-2-4-14-13(3-1)5-8-15(14)11-12-6-9-16-10-7-12;1-4(2)3-5/h1-5,8,12H,6-7,9-11H2;3H,1-2H3. The van der Waals surface area contributed by atoms with E-state index in [1.54, 1.807) is 14.1 Å². The number of fused-ring (bicyclic) bond motifs is 1. The van der Waals surface area contributed by atoms with Crippen molar-refractivity contribution in [1.29, 1.82) is 0 Å². The van der Waals surface area contributed by atoms with Crippen molar-refractivity contribution in [3.05, 3.63) is 36.5 Å². The van der Waals surface area contributed by atoms with Gasteiger partial charge >= 0.3 is 0 Å². The molecule has 2 aromatic rings. The van der Waals surface area contributed by atoms with Gasteiger partial charge in [-0.15, -0.1) is 0 Å². The van der Waals surface area contributed by atoms with E-state index in [0.717, 1.165) is 32.1 Å². The topological polar surface area (TPSA) is 34.5 Å². The number of nitrogens with zero attached hydrogens (tertiary/aromatic N) is 2. The number of hydrogen-bond acceptors (Lipinski definition) is 2. The molecule has 114 valence electrons. The van der Waals surface area contributed by atoms with E-state index < -0.39 is 0 Å². The summed E-state index contributed by atoms with van der Waals surface area (Å²) in [6, 6.07) is 10.8. The minimum Gasteiger partial charge on any atom is -0.381 e. The summed E-state index contributed by atoms with van der Waals surface area (Å²) in [7, 11) is 3.38. The number of para-hydroxylation sites is 1. The molecule has 0 N–H and O–H groups in total. The highest BCUT2D eigenvalue weighted by Crippen LogP contribution is 2.21. The third-order valence-electron chi connectivity index (χ3n) is 3.69. The SMILES string of the molecule is CN(C)C=O.c1ccc2c(c1)ccn2CC1CCOCC1. The summed E-state index contributed by atoms with van der Waals surface area (Å²) in [5.41, 5.74) is 1.36. The predicted molar refractivity (Wildman–Crippen MR) is 85.2 cm³/mol. The molecule has 1 fully saturated rings. The van der Waals surface area contributed by atoms with Crippen molar-refractivity contribution in [3.63, 3.8) is 0 Å². The maximum Gasteiger partial charge on any atom is 0.209 e. The zero-order chi connectivity index (χ0) is 15.1. The van der Waals surface area contributed by atoms with Gasteiger partial charge < -0.3 is 14.2 Å². The lowest BCUT2D eigenvalue weighted by Gasteiger charge is -2.22. The van der Waals surface area contributed by atoms with Crippen LogP contribution in [0.4, 0.5) is 0 Å². The van der Waals surface area contributed by atoms with Crippen molar-refractivity contribution in [2.24, 2.45) is 5.92 Å². The number of carbonyl (C=O) groups is 1. The van der Waals surface area contributed by atoms with E-state index in [2.05, 4.69) is 41.1 Å². The average Bonchev–Trinajstić information content (AvgIpc) is 2.92. The Balaban J connectivity index is 0.000000282. The number of amides is 1. The summed E-state index contributed by atoms with van der Waals surface area (Å²) < 4.78 is 7.78. The lowest BCUT2D eigenvalue weighted by molar-refractivity contribution is -0.115. The molecular weight excluding hydrogens is 264 g/mol. The minimum absolute atomic E-state index is 0.750. The van der Waals surface area contributed by atoms with Gasteiger partial charge in [0, 0.05) is 45.6 Å².